The molecular formula is C24H19N3O4S. The summed E-state index contributed by atoms with van der Waals surface area (Å²) in [5, 5.41) is 2.69. The van der Waals surface area contributed by atoms with E-state index in [0.717, 1.165) is 22.6 Å². The molecule has 1 fully saturated rings. The third-order valence-electron chi connectivity index (χ3n) is 5.50. The summed E-state index contributed by atoms with van der Waals surface area (Å²) in [4.78, 5) is 27.2. The molecule has 1 N–H and O–H groups in total. The van der Waals surface area contributed by atoms with E-state index in [1.807, 2.05) is 60.9 Å². The van der Waals surface area contributed by atoms with E-state index in [2.05, 4.69) is 5.32 Å². The highest BCUT2D eigenvalue weighted by Gasteiger charge is 2.34. The van der Waals surface area contributed by atoms with E-state index in [-0.39, 0.29) is 17.5 Å². The average Bonchev–Trinajstić information content (AvgIpc) is 3.35. The number of nitrogens with one attached hydrogen (secondary N) is 1. The molecule has 32 heavy (non-hydrogen) atoms. The molecule has 2 aliphatic rings. The van der Waals surface area contributed by atoms with E-state index in [0.29, 0.717) is 17.2 Å². The first-order valence-electron chi connectivity index (χ1n) is 9.99. The molecule has 5 rings (SSSR count). The minimum absolute atomic E-state index is 0.0217. The van der Waals surface area contributed by atoms with Crippen LogP contribution in [-0.2, 0) is 9.59 Å². The van der Waals surface area contributed by atoms with E-state index < -0.39 is 11.8 Å². The average molecular weight is 446 g/mol. The second kappa shape index (κ2) is 7.65. The number of carbonyl (C=O) groups excluding carboxylic acids is 2. The van der Waals surface area contributed by atoms with Crippen molar-refractivity contribution < 1.29 is 19.1 Å². The second-order valence-electron chi connectivity index (χ2n) is 7.49. The zero-order chi connectivity index (χ0) is 22.4. The molecule has 0 unspecified atom stereocenters. The monoisotopic (exact) mass is 445 g/mol. The Hall–Kier alpha value is -3.91. The number of fused-ring (bicyclic) bond motifs is 1. The lowest BCUT2D eigenvalue weighted by Gasteiger charge is -2.28. The van der Waals surface area contributed by atoms with Crippen molar-refractivity contribution >= 4 is 40.9 Å². The Balaban J connectivity index is 1.55. The van der Waals surface area contributed by atoms with Gasteiger partial charge < -0.3 is 14.0 Å². The zero-order valence-electron chi connectivity index (χ0n) is 17.4. The van der Waals surface area contributed by atoms with E-state index in [1.54, 1.807) is 18.2 Å². The first-order chi connectivity index (χ1) is 15.4. The Bertz CT molecular complexity index is 1310. The third kappa shape index (κ3) is 3.25. The zero-order valence-corrected chi connectivity index (χ0v) is 18.2. The molecule has 160 valence electrons. The molecule has 0 spiro atoms. The SMILES string of the molecule is Cc1cc(/C=C2\C(=O)NC(=S)N(c3ccccc3)C2=O)c(C)n1-c1ccc2c(c1)OCO2. The number of aryl methyl sites for hydroxylation is 1. The summed E-state index contributed by atoms with van der Waals surface area (Å²) in [6.07, 6.45) is 1.61. The Morgan fingerprint density at radius 3 is 2.50 bits per heavy atom. The molecule has 7 nitrogen and oxygen atoms in total. The van der Waals surface area contributed by atoms with Crippen molar-refractivity contribution in [3.8, 4) is 17.2 Å². The lowest BCUT2D eigenvalue weighted by molar-refractivity contribution is -0.122. The summed E-state index contributed by atoms with van der Waals surface area (Å²) in [5.41, 5.74) is 4.12. The summed E-state index contributed by atoms with van der Waals surface area (Å²) in [7, 11) is 0. The largest absolute Gasteiger partial charge is 0.454 e. The number of amides is 2. The molecule has 1 aromatic heterocycles. The summed E-state index contributed by atoms with van der Waals surface area (Å²) >= 11 is 5.25. The third-order valence-corrected chi connectivity index (χ3v) is 5.79. The van der Waals surface area contributed by atoms with Gasteiger partial charge in [0.25, 0.3) is 11.8 Å². The van der Waals surface area contributed by atoms with Crippen LogP contribution in [-0.4, -0.2) is 28.3 Å². The van der Waals surface area contributed by atoms with Crippen LogP contribution in [0.25, 0.3) is 11.8 Å². The summed E-state index contributed by atoms with van der Waals surface area (Å²) in [6.45, 7) is 4.11. The van der Waals surface area contributed by atoms with Crippen LogP contribution < -0.4 is 19.7 Å². The number of nitrogens with zero attached hydrogens (tertiary/aromatic N) is 2. The number of anilines is 1. The van der Waals surface area contributed by atoms with Gasteiger partial charge in [-0.15, -0.1) is 0 Å². The first kappa shape index (κ1) is 20.0. The van der Waals surface area contributed by atoms with Crippen molar-refractivity contribution in [3.05, 3.63) is 77.1 Å². The Kier molecular flexibility index (Phi) is 4.79. The Labute approximate surface area is 189 Å². The van der Waals surface area contributed by atoms with E-state index in [1.165, 1.54) is 4.90 Å². The molecule has 0 bridgehead atoms. The van der Waals surface area contributed by atoms with Crippen molar-refractivity contribution in [3.63, 3.8) is 0 Å². The normalized spacial score (nSPS) is 16.6. The fourth-order valence-corrected chi connectivity index (χ4v) is 4.26. The van der Waals surface area contributed by atoms with Gasteiger partial charge in [0.1, 0.15) is 5.57 Å². The molecule has 0 aliphatic carbocycles. The summed E-state index contributed by atoms with van der Waals surface area (Å²) < 4.78 is 12.9. The highest BCUT2D eigenvalue weighted by Crippen LogP contribution is 2.35. The number of rotatable bonds is 3. The molecule has 1 saturated heterocycles. The standard InChI is InChI=1S/C24H19N3O4S/c1-14-10-16(15(2)26(14)18-8-9-20-21(12-18)31-13-30-20)11-19-22(28)25-24(32)27(23(19)29)17-6-4-3-5-7-17/h3-12H,13H2,1-2H3,(H,25,28,32)/b19-11+. The van der Waals surface area contributed by atoms with Gasteiger partial charge in [0.15, 0.2) is 16.6 Å². The number of aromatic nitrogens is 1. The van der Waals surface area contributed by atoms with Gasteiger partial charge in [-0.1, -0.05) is 18.2 Å². The fourth-order valence-electron chi connectivity index (χ4n) is 3.98. The summed E-state index contributed by atoms with van der Waals surface area (Å²) in [6, 6.07) is 16.7. The molecular weight excluding hydrogens is 426 g/mol. The molecule has 0 saturated carbocycles. The van der Waals surface area contributed by atoms with Gasteiger partial charge in [-0.25, -0.2) is 0 Å². The van der Waals surface area contributed by atoms with Crippen molar-refractivity contribution in [2.75, 3.05) is 11.7 Å². The predicted octanol–water partition coefficient (Wildman–Crippen LogP) is 3.65. The number of hydrogen-bond acceptors (Lipinski definition) is 5. The number of ether oxygens (including phenoxy) is 2. The highest BCUT2D eigenvalue weighted by atomic mass is 32.1. The number of hydrogen-bond donors (Lipinski definition) is 1. The van der Waals surface area contributed by atoms with Crippen LogP contribution >= 0.6 is 12.2 Å². The van der Waals surface area contributed by atoms with Gasteiger partial charge in [-0.05, 0) is 68.0 Å². The minimum Gasteiger partial charge on any atom is -0.454 e. The lowest BCUT2D eigenvalue weighted by atomic mass is 10.1. The van der Waals surface area contributed by atoms with Crippen LogP contribution in [0.15, 0.2) is 60.2 Å². The molecule has 3 aromatic rings. The topological polar surface area (TPSA) is 72.8 Å². The molecule has 8 heteroatoms. The maximum atomic E-state index is 13.2. The molecule has 2 aromatic carbocycles. The number of carbonyl (C=O) groups is 2. The van der Waals surface area contributed by atoms with E-state index in [9.17, 15) is 9.59 Å². The van der Waals surface area contributed by atoms with E-state index >= 15 is 0 Å². The Morgan fingerprint density at radius 2 is 1.72 bits per heavy atom. The van der Waals surface area contributed by atoms with Gasteiger partial charge in [0.2, 0.25) is 6.79 Å². The predicted molar refractivity (Wildman–Crippen MR) is 124 cm³/mol. The fraction of sp³-hybridized carbons (Fsp3) is 0.125. The van der Waals surface area contributed by atoms with Crippen LogP contribution in [0.2, 0.25) is 0 Å². The molecule has 0 atom stereocenters. The summed E-state index contributed by atoms with van der Waals surface area (Å²) in [5.74, 6) is 0.418. The first-order valence-corrected chi connectivity index (χ1v) is 10.4. The minimum atomic E-state index is -0.514. The molecule has 2 amide bonds. The number of benzene rings is 2. The lowest BCUT2D eigenvalue weighted by Crippen LogP contribution is -2.54. The van der Waals surface area contributed by atoms with Gasteiger partial charge in [0, 0.05) is 23.1 Å². The van der Waals surface area contributed by atoms with Crippen molar-refractivity contribution in [1.29, 1.82) is 0 Å². The van der Waals surface area contributed by atoms with Gasteiger partial charge in [-0.2, -0.15) is 0 Å². The van der Waals surface area contributed by atoms with Gasteiger partial charge in [0.05, 0.1) is 5.69 Å². The second-order valence-corrected chi connectivity index (χ2v) is 7.88. The van der Waals surface area contributed by atoms with E-state index in [4.69, 9.17) is 21.7 Å². The Morgan fingerprint density at radius 1 is 0.969 bits per heavy atom. The quantitative estimate of drug-likeness (QED) is 0.379. The number of thiocarbonyl (C=S) groups is 1. The molecule has 0 radical (unpaired) electrons. The van der Waals surface area contributed by atoms with Gasteiger partial charge >= 0.3 is 0 Å². The van der Waals surface area contributed by atoms with Crippen LogP contribution in [0.3, 0.4) is 0 Å². The molecule has 2 aliphatic heterocycles. The van der Waals surface area contributed by atoms with Crippen LogP contribution in [0.1, 0.15) is 17.0 Å². The highest BCUT2D eigenvalue weighted by molar-refractivity contribution is 7.80. The van der Waals surface area contributed by atoms with Crippen molar-refractivity contribution in [2.45, 2.75) is 13.8 Å². The van der Waals surface area contributed by atoms with Crippen molar-refractivity contribution in [1.82, 2.24) is 9.88 Å². The maximum Gasteiger partial charge on any atom is 0.270 e. The van der Waals surface area contributed by atoms with Crippen LogP contribution in [0.4, 0.5) is 5.69 Å². The molecule has 3 heterocycles. The smallest absolute Gasteiger partial charge is 0.270 e. The van der Waals surface area contributed by atoms with Crippen LogP contribution in [0, 0.1) is 13.8 Å². The maximum absolute atomic E-state index is 13.2. The van der Waals surface area contributed by atoms with Crippen molar-refractivity contribution in [2.24, 2.45) is 0 Å². The number of para-hydroxylation sites is 1. The van der Waals surface area contributed by atoms with Gasteiger partial charge in [-0.3, -0.25) is 19.8 Å². The van der Waals surface area contributed by atoms with Crippen LogP contribution in [0.5, 0.6) is 11.5 Å².